The van der Waals surface area contributed by atoms with E-state index in [2.05, 4.69) is 17.9 Å². The van der Waals surface area contributed by atoms with Gasteiger partial charge in [-0.3, -0.25) is 0 Å². The molecule has 0 saturated heterocycles. The molecule has 8 nitrogen and oxygen atoms in total. The van der Waals surface area contributed by atoms with E-state index in [1.54, 1.807) is 0 Å². The zero-order valence-corrected chi connectivity index (χ0v) is 16.3. The average Bonchev–Trinajstić information content (AvgIpc) is 2.53. The summed E-state index contributed by atoms with van der Waals surface area (Å²) in [5.74, 6) is -6.08. The maximum atomic E-state index is 13.3. The number of hydrogen-bond donors (Lipinski definition) is 2. The van der Waals surface area contributed by atoms with Crippen LogP contribution in [0.25, 0.3) is 0 Å². The molecule has 0 heterocycles. The molecule has 1 atom stereocenters. The van der Waals surface area contributed by atoms with Crippen molar-refractivity contribution in [3.63, 3.8) is 0 Å². The molecule has 0 radical (unpaired) electrons. The van der Waals surface area contributed by atoms with Gasteiger partial charge in [0, 0.05) is 18.1 Å². The summed E-state index contributed by atoms with van der Waals surface area (Å²) in [6.07, 6.45) is -10.4. The SMILES string of the molecule is C=C(C)C(=O)OCC(C)(COC(=O)C(=C)C)NC(=O)OC(C(C)(F)F)C(O)(F)F. The quantitative estimate of drug-likeness (QED) is 0.237. The van der Waals surface area contributed by atoms with E-state index in [9.17, 15) is 31.9 Å². The fourth-order valence-electron chi connectivity index (χ4n) is 1.67. The molecule has 0 aliphatic rings. The van der Waals surface area contributed by atoms with Crippen molar-refractivity contribution in [2.75, 3.05) is 13.2 Å². The molecule has 0 spiro atoms. The van der Waals surface area contributed by atoms with Gasteiger partial charge in [0.2, 0.25) is 0 Å². The molecule has 12 heteroatoms. The van der Waals surface area contributed by atoms with Crippen LogP contribution in [0.5, 0.6) is 0 Å². The highest BCUT2D eigenvalue weighted by atomic mass is 19.3. The van der Waals surface area contributed by atoms with E-state index in [0.29, 0.717) is 0 Å². The smallest absolute Gasteiger partial charge is 0.408 e. The second kappa shape index (κ2) is 9.72. The number of nitrogens with one attached hydrogen (secondary N) is 1. The fourth-order valence-corrected chi connectivity index (χ4v) is 1.67. The summed E-state index contributed by atoms with van der Waals surface area (Å²) in [4.78, 5) is 35.0. The van der Waals surface area contributed by atoms with Crippen LogP contribution in [0.4, 0.5) is 22.4 Å². The number of aliphatic hydroxyl groups is 1. The summed E-state index contributed by atoms with van der Waals surface area (Å²) in [5.41, 5.74) is -1.80. The van der Waals surface area contributed by atoms with Crippen molar-refractivity contribution in [2.24, 2.45) is 0 Å². The van der Waals surface area contributed by atoms with E-state index in [1.165, 1.54) is 13.8 Å². The lowest BCUT2D eigenvalue weighted by molar-refractivity contribution is -0.302. The van der Waals surface area contributed by atoms with Crippen LogP contribution in [-0.4, -0.2) is 60.0 Å². The molecule has 0 saturated carbocycles. The first kappa shape index (κ1) is 26.4. The topological polar surface area (TPSA) is 111 Å². The number of ether oxygens (including phenoxy) is 3. The molecule has 0 fully saturated rings. The number of rotatable bonds is 10. The van der Waals surface area contributed by atoms with E-state index < -0.39 is 54.9 Å². The largest absolute Gasteiger partial charge is 0.460 e. The first-order valence-corrected chi connectivity index (χ1v) is 8.01. The highest BCUT2D eigenvalue weighted by Crippen LogP contribution is 2.31. The lowest BCUT2D eigenvalue weighted by Gasteiger charge is -2.32. The molecule has 0 aliphatic heterocycles. The van der Waals surface area contributed by atoms with Gasteiger partial charge in [0.05, 0.1) is 0 Å². The summed E-state index contributed by atoms with van der Waals surface area (Å²) >= 11 is 0. The Balaban J connectivity index is 5.42. The minimum Gasteiger partial charge on any atom is -0.460 e. The van der Waals surface area contributed by atoms with Crippen LogP contribution in [0.2, 0.25) is 0 Å². The number of carbonyl (C=O) groups excluding carboxylic acids is 3. The Morgan fingerprint density at radius 3 is 1.62 bits per heavy atom. The molecule has 0 rings (SSSR count). The summed E-state index contributed by atoms with van der Waals surface area (Å²) in [6, 6.07) is 0. The Bertz CT molecular complexity index is 624. The Hall–Kier alpha value is -2.63. The van der Waals surface area contributed by atoms with Gasteiger partial charge in [0.25, 0.3) is 12.0 Å². The Morgan fingerprint density at radius 1 is 0.966 bits per heavy atom. The third-order valence-corrected chi connectivity index (χ3v) is 3.15. The minimum atomic E-state index is -5.05. The van der Waals surface area contributed by atoms with Crippen LogP contribution in [-0.2, 0) is 23.8 Å². The summed E-state index contributed by atoms with van der Waals surface area (Å²) in [5, 5.41) is 10.5. The van der Waals surface area contributed by atoms with Gasteiger partial charge in [-0.05, 0) is 20.8 Å². The first-order chi connectivity index (χ1) is 12.9. The Kier molecular flexibility index (Phi) is 8.84. The Morgan fingerprint density at radius 2 is 1.34 bits per heavy atom. The third kappa shape index (κ3) is 9.41. The maximum absolute atomic E-state index is 13.3. The summed E-state index contributed by atoms with van der Waals surface area (Å²) in [7, 11) is 0. The van der Waals surface area contributed by atoms with E-state index in [1.807, 2.05) is 5.32 Å². The van der Waals surface area contributed by atoms with E-state index in [-0.39, 0.29) is 18.1 Å². The van der Waals surface area contributed by atoms with E-state index >= 15 is 0 Å². The van der Waals surface area contributed by atoms with Crippen molar-refractivity contribution in [2.45, 2.75) is 51.4 Å². The van der Waals surface area contributed by atoms with Crippen LogP contribution in [0, 0.1) is 0 Å². The highest BCUT2D eigenvalue weighted by Gasteiger charge is 2.55. The van der Waals surface area contributed by atoms with Gasteiger partial charge in [0.15, 0.2) is 0 Å². The number of alkyl carbamates (subject to hydrolysis) is 1. The number of esters is 2. The summed E-state index contributed by atoms with van der Waals surface area (Å²) in [6.45, 7) is 9.13. The number of hydrogen-bond acceptors (Lipinski definition) is 7. The van der Waals surface area contributed by atoms with Gasteiger partial charge in [-0.1, -0.05) is 13.2 Å². The van der Waals surface area contributed by atoms with Crippen molar-refractivity contribution >= 4 is 18.0 Å². The summed E-state index contributed by atoms with van der Waals surface area (Å²) < 4.78 is 66.1. The molecule has 0 aromatic rings. The lowest BCUT2D eigenvalue weighted by Crippen LogP contribution is -2.57. The lowest BCUT2D eigenvalue weighted by atomic mass is 10.1. The zero-order valence-electron chi connectivity index (χ0n) is 16.3. The average molecular weight is 429 g/mol. The van der Waals surface area contributed by atoms with Crippen molar-refractivity contribution in [3.8, 4) is 0 Å². The minimum absolute atomic E-state index is 0.0115. The molecule has 166 valence electrons. The third-order valence-electron chi connectivity index (χ3n) is 3.15. The van der Waals surface area contributed by atoms with Crippen LogP contribution in [0.3, 0.4) is 0 Å². The fraction of sp³-hybridized carbons (Fsp3) is 0.588. The van der Waals surface area contributed by atoms with Gasteiger partial charge in [-0.2, -0.15) is 8.78 Å². The van der Waals surface area contributed by atoms with Crippen molar-refractivity contribution in [1.29, 1.82) is 0 Å². The van der Waals surface area contributed by atoms with Crippen molar-refractivity contribution in [3.05, 3.63) is 24.3 Å². The van der Waals surface area contributed by atoms with Crippen LogP contribution < -0.4 is 5.32 Å². The molecule has 0 aromatic carbocycles. The number of amides is 1. The predicted octanol–water partition coefficient (Wildman–Crippen LogP) is 2.32. The van der Waals surface area contributed by atoms with Crippen LogP contribution in [0.1, 0.15) is 27.7 Å². The molecular formula is C17H23F4NO7. The van der Waals surface area contributed by atoms with E-state index in [4.69, 9.17) is 14.6 Å². The van der Waals surface area contributed by atoms with Gasteiger partial charge in [-0.25, -0.2) is 23.2 Å². The Labute approximate surface area is 164 Å². The van der Waals surface area contributed by atoms with Gasteiger partial charge < -0.3 is 24.6 Å². The maximum Gasteiger partial charge on any atom is 0.408 e. The molecule has 1 unspecified atom stereocenters. The van der Waals surface area contributed by atoms with Crippen LogP contribution >= 0.6 is 0 Å². The first-order valence-electron chi connectivity index (χ1n) is 8.01. The second-order valence-corrected chi connectivity index (χ2v) is 6.73. The van der Waals surface area contributed by atoms with Crippen molar-refractivity contribution in [1.82, 2.24) is 5.32 Å². The van der Waals surface area contributed by atoms with Crippen LogP contribution in [0.15, 0.2) is 24.3 Å². The van der Waals surface area contributed by atoms with Gasteiger partial charge in [-0.15, -0.1) is 0 Å². The predicted molar refractivity (Wildman–Crippen MR) is 91.1 cm³/mol. The molecule has 2 N–H and O–H groups in total. The second-order valence-electron chi connectivity index (χ2n) is 6.73. The number of halogens is 4. The molecule has 0 aromatic heterocycles. The van der Waals surface area contributed by atoms with E-state index in [0.717, 1.165) is 6.92 Å². The van der Waals surface area contributed by atoms with Gasteiger partial charge >= 0.3 is 24.1 Å². The highest BCUT2D eigenvalue weighted by molar-refractivity contribution is 5.87. The number of alkyl halides is 4. The zero-order chi connectivity index (χ0) is 23.2. The molecular weight excluding hydrogens is 406 g/mol. The number of carbonyl (C=O) groups is 3. The monoisotopic (exact) mass is 429 g/mol. The molecule has 0 aliphatic carbocycles. The normalized spacial score (nSPS) is 13.1. The molecule has 0 bridgehead atoms. The van der Waals surface area contributed by atoms with Crippen molar-refractivity contribution < 1.29 is 51.3 Å². The molecule has 29 heavy (non-hydrogen) atoms. The van der Waals surface area contributed by atoms with Gasteiger partial charge in [0.1, 0.15) is 18.8 Å². The molecule has 1 amide bonds. The standard InChI is InChI=1S/C17H23F4NO7/c1-9(2)11(23)27-7-15(5,8-28-12(24)10(3)4)22-14(25)29-13(16(6,18)19)17(20,21)26/h13,26H,1,3,7-8H2,2,4-6H3,(H,22,25).